The van der Waals surface area contributed by atoms with Crippen molar-refractivity contribution >= 4 is 33.5 Å². The van der Waals surface area contributed by atoms with E-state index in [4.69, 9.17) is 0 Å². The Morgan fingerprint density at radius 2 is 2.33 bits per heavy atom. The fraction of sp³-hybridized carbons (Fsp3) is 0.615. The lowest BCUT2D eigenvalue weighted by Gasteiger charge is -2.21. The summed E-state index contributed by atoms with van der Waals surface area (Å²) < 4.78 is 1.05. The van der Waals surface area contributed by atoms with Gasteiger partial charge in [-0.1, -0.05) is 0 Å². The Morgan fingerprint density at radius 1 is 1.56 bits per heavy atom. The van der Waals surface area contributed by atoms with Crippen LogP contribution < -0.4 is 10.2 Å². The van der Waals surface area contributed by atoms with Gasteiger partial charge in [0.2, 0.25) is 0 Å². The number of halogens is 1. The van der Waals surface area contributed by atoms with Crippen LogP contribution in [0.25, 0.3) is 0 Å². The second-order valence-corrected chi connectivity index (χ2v) is 6.61. The highest BCUT2D eigenvalue weighted by molar-refractivity contribution is 9.10. The summed E-state index contributed by atoms with van der Waals surface area (Å²) in [5.74, 6) is 2.23. The average molecular weight is 330 g/mol. The Balaban J connectivity index is 2.05. The van der Waals surface area contributed by atoms with Crippen LogP contribution in [0.1, 0.15) is 18.4 Å². The van der Waals surface area contributed by atoms with Crippen molar-refractivity contribution in [2.75, 3.05) is 30.5 Å². The molecular formula is C13H20BrN3S. The van der Waals surface area contributed by atoms with E-state index in [0.29, 0.717) is 0 Å². The first-order chi connectivity index (χ1) is 8.70. The molecule has 0 bridgehead atoms. The highest BCUT2D eigenvalue weighted by atomic mass is 79.9. The van der Waals surface area contributed by atoms with Gasteiger partial charge in [0, 0.05) is 48.2 Å². The first kappa shape index (κ1) is 14.2. The van der Waals surface area contributed by atoms with E-state index in [1.165, 1.54) is 18.4 Å². The van der Waals surface area contributed by atoms with Crippen LogP contribution in [0.5, 0.6) is 0 Å². The Morgan fingerprint density at radius 3 is 3.00 bits per heavy atom. The topological polar surface area (TPSA) is 28.2 Å². The maximum absolute atomic E-state index is 4.56. The molecule has 0 unspecified atom stereocenters. The molecule has 1 N–H and O–H groups in total. The lowest BCUT2D eigenvalue weighted by atomic mass is 10.2. The quantitative estimate of drug-likeness (QED) is 0.832. The maximum atomic E-state index is 4.56. The van der Waals surface area contributed by atoms with Crippen molar-refractivity contribution in [2.45, 2.75) is 25.4 Å². The molecule has 3 nitrogen and oxygen atoms in total. The predicted octanol–water partition coefficient (Wildman–Crippen LogP) is 2.90. The Bertz CT molecular complexity index is 396. The van der Waals surface area contributed by atoms with Gasteiger partial charge in [-0.05, 0) is 41.1 Å². The zero-order chi connectivity index (χ0) is 13.0. The van der Waals surface area contributed by atoms with Crippen LogP contribution in [0.15, 0.2) is 16.7 Å². The minimum atomic E-state index is 0.730. The number of thioether (sulfide) groups is 1. The molecule has 1 heterocycles. The SMILES string of the molecule is CSCCN(C)c1ncc(Br)cc1CNC1CC1. The minimum absolute atomic E-state index is 0.730. The highest BCUT2D eigenvalue weighted by Gasteiger charge is 2.21. The van der Waals surface area contributed by atoms with E-state index in [1.54, 1.807) is 0 Å². The van der Waals surface area contributed by atoms with Crippen molar-refractivity contribution in [2.24, 2.45) is 0 Å². The van der Waals surface area contributed by atoms with Crippen LogP contribution in [0.4, 0.5) is 5.82 Å². The summed E-state index contributed by atoms with van der Waals surface area (Å²) in [4.78, 5) is 6.80. The summed E-state index contributed by atoms with van der Waals surface area (Å²) in [5, 5.41) is 3.56. The van der Waals surface area contributed by atoms with Gasteiger partial charge < -0.3 is 10.2 Å². The molecule has 0 spiro atoms. The second-order valence-electron chi connectivity index (χ2n) is 4.71. The molecule has 0 saturated heterocycles. The lowest BCUT2D eigenvalue weighted by molar-refractivity contribution is 0.683. The van der Waals surface area contributed by atoms with Gasteiger partial charge in [0.15, 0.2) is 0 Å². The Labute approximate surface area is 122 Å². The van der Waals surface area contributed by atoms with Gasteiger partial charge in [-0.15, -0.1) is 0 Å². The van der Waals surface area contributed by atoms with E-state index >= 15 is 0 Å². The molecular weight excluding hydrogens is 310 g/mol. The number of nitrogens with zero attached hydrogens (tertiary/aromatic N) is 2. The second kappa shape index (κ2) is 6.78. The fourth-order valence-corrected chi connectivity index (χ4v) is 2.66. The van der Waals surface area contributed by atoms with Gasteiger partial charge in [0.05, 0.1) is 0 Å². The molecule has 0 aliphatic heterocycles. The number of hydrogen-bond acceptors (Lipinski definition) is 4. The summed E-state index contributed by atoms with van der Waals surface area (Å²) in [6.07, 6.45) is 6.65. The molecule has 0 aromatic carbocycles. The number of pyridine rings is 1. The van der Waals surface area contributed by atoms with Crippen molar-refractivity contribution in [3.05, 3.63) is 22.3 Å². The van der Waals surface area contributed by atoms with Crippen LogP contribution in [0.2, 0.25) is 0 Å². The average Bonchev–Trinajstić information content (AvgIpc) is 3.17. The van der Waals surface area contributed by atoms with Crippen LogP contribution in [-0.2, 0) is 6.54 Å². The van der Waals surface area contributed by atoms with Crippen molar-refractivity contribution in [3.63, 3.8) is 0 Å². The molecule has 1 fully saturated rings. The zero-order valence-electron chi connectivity index (χ0n) is 10.9. The predicted molar refractivity (Wildman–Crippen MR) is 83.5 cm³/mol. The molecule has 18 heavy (non-hydrogen) atoms. The molecule has 0 amide bonds. The van der Waals surface area contributed by atoms with Crippen molar-refractivity contribution < 1.29 is 0 Å². The molecule has 2 rings (SSSR count). The third kappa shape index (κ3) is 4.14. The van der Waals surface area contributed by atoms with E-state index in [2.05, 4.69) is 50.5 Å². The molecule has 0 radical (unpaired) electrons. The molecule has 0 atom stereocenters. The number of anilines is 1. The third-order valence-electron chi connectivity index (χ3n) is 3.06. The number of rotatable bonds is 7. The summed E-state index contributed by atoms with van der Waals surface area (Å²) >= 11 is 5.38. The first-order valence-corrected chi connectivity index (χ1v) is 8.47. The molecule has 1 saturated carbocycles. The molecule has 1 aromatic heterocycles. The Hall–Kier alpha value is -0.260. The van der Waals surface area contributed by atoms with E-state index < -0.39 is 0 Å². The maximum Gasteiger partial charge on any atom is 0.132 e. The Kier molecular flexibility index (Phi) is 5.33. The van der Waals surface area contributed by atoms with Gasteiger partial charge in [0.25, 0.3) is 0 Å². The lowest BCUT2D eigenvalue weighted by Crippen LogP contribution is -2.25. The van der Waals surface area contributed by atoms with Gasteiger partial charge >= 0.3 is 0 Å². The normalized spacial score (nSPS) is 14.8. The van der Waals surface area contributed by atoms with Crippen LogP contribution in [-0.4, -0.2) is 36.6 Å². The van der Waals surface area contributed by atoms with Crippen LogP contribution >= 0.6 is 27.7 Å². The zero-order valence-corrected chi connectivity index (χ0v) is 13.4. The van der Waals surface area contributed by atoms with Gasteiger partial charge in [0.1, 0.15) is 5.82 Å². The summed E-state index contributed by atoms with van der Waals surface area (Å²) in [6.45, 7) is 1.95. The van der Waals surface area contributed by atoms with Gasteiger partial charge in [-0.2, -0.15) is 11.8 Å². The third-order valence-corrected chi connectivity index (χ3v) is 4.08. The monoisotopic (exact) mass is 329 g/mol. The number of aromatic nitrogens is 1. The number of nitrogens with one attached hydrogen (secondary N) is 1. The van der Waals surface area contributed by atoms with Gasteiger partial charge in [-0.3, -0.25) is 0 Å². The number of hydrogen-bond donors (Lipinski definition) is 1. The van der Waals surface area contributed by atoms with E-state index in [9.17, 15) is 0 Å². The van der Waals surface area contributed by atoms with E-state index in [1.807, 2.05) is 18.0 Å². The molecule has 100 valence electrons. The highest BCUT2D eigenvalue weighted by Crippen LogP contribution is 2.24. The fourth-order valence-electron chi connectivity index (χ4n) is 1.82. The first-order valence-electron chi connectivity index (χ1n) is 6.28. The van der Waals surface area contributed by atoms with E-state index in [-0.39, 0.29) is 0 Å². The van der Waals surface area contributed by atoms with Crippen LogP contribution in [0, 0.1) is 0 Å². The summed E-state index contributed by atoms with van der Waals surface area (Å²) in [5.41, 5.74) is 1.28. The summed E-state index contributed by atoms with van der Waals surface area (Å²) in [7, 11) is 2.12. The van der Waals surface area contributed by atoms with Crippen molar-refractivity contribution in [1.29, 1.82) is 0 Å². The smallest absolute Gasteiger partial charge is 0.132 e. The standard InChI is InChI=1S/C13H20BrN3S/c1-17(5-6-18-2)13-10(7-11(14)9-16-13)8-15-12-3-4-12/h7,9,12,15H,3-6,8H2,1-2H3. The molecule has 1 aliphatic rings. The minimum Gasteiger partial charge on any atom is -0.359 e. The molecule has 5 heteroatoms. The molecule has 1 aliphatic carbocycles. The van der Waals surface area contributed by atoms with Crippen LogP contribution in [0.3, 0.4) is 0 Å². The van der Waals surface area contributed by atoms with Crippen molar-refractivity contribution in [3.8, 4) is 0 Å². The van der Waals surface area contributed by atoms with Gasteiger partial charge in [-0.25, -0.2) is 4.98 Å². The summed E-state index contributed by atoms with van der Waals surface area (Å²) in [6, 6.07) is 2.90. The molecule has 1 aromatic rings. The van der Waals surface area contributed by atoms with E-state index in [0.717, 1.165) is 35.2 Å². The van der Waals surface area contributed by atoms with Crippen molar-refractivity contribution in [1.82, 2.24) is 10.3 Å². The largest absolute Gasteiger partial charge is 0.359 e.